The van der Waals surface area contributed by atoms with Crippen LogP contribution in [0.1, 0.15) is 45.6 Å². The third-order valence-corrected chi connectivity index (χ3v) is 7.79. The summed E-state index contributed by atoms with van der Waals surface area (Å²) in [5.74, 6) is -2.00. The van der Waals surface area contributed by atoms with E-state index in [1.165, 1.54) is 33.2 Å². The average Bonchev–Trinajstić information content (AvgIpc) is 3.36. The van der Waals surface area contributed by atoms with E-state index in [0.29, 0.717) is 47.0 Å². The number of phenols is 2. The number of phenolic OH excluding ortho intramolecular Hbond substituents is 2. The molecule has 5 N–H and O–H groups in total. The van der Waals surface area contributed by atoms with Gasteiger partial charge in [0.1, 0.15) is 17.2 Å². The fraction of sp³-hybridized carbons (Fsp3) is 0.481. The molecule has 1 aromatic carbocycles. The van der Waals surface area contributed by atoms with Crippen LogP contribution in [0.5, 0.6) is 11.5 Å². The topological polar surface area (TPSA) is 193 Å². The van der Waals surface area contributed by atoms with Gasteiger partial charge in [0, 0.05) is 30.6 Å². The van der Waals surface area contributed by atoms with Crippen molar-refractivity contribution < 1.29 is 37.7 Å². The number of fused-ring (bicyclic) bond motifs is 1. The molecule has 1 saturated heterocycles. The molecule has 1 unspecified atom stereocenters. The van der Waals surface area contributed by atoms with E-state index in [-0.39, 0.29) is 30.1 Å². The number of ether oxygens (including phenoxy) is 1. The normalized spacial score (nSPS) is 15.2. The molecule has 4 rings (SSSR count). The number of amides is 2. The van der Waals surface area contributed by atoms with E-state index in [1.54, 1.807) is 9.88 Å². The number of rotatable bonds is 7. The zero-order valence-electron chi connectivity index (χ0n) is 24.0. The van der Waals surface area contributed by atoms with Crippen LogP contribution in [0.25, 0.3) is 11.2 Å². The molecule has 44 heavy (non-hydrogen) atoms. The molecule has 3 heterocycles. The Hall–Kier alpha value is -4.46. The molecule has 13 nitrogen and oxygen atoms in total. The zero-order chi connectivity index (χ0) is 32.4. The van der Waals surface area contributed by atoms with Crippen molar-refractivity contribution in [2.45, 2.75) is 74.4 Å². The molecule has 0 aliphatic carbocycles. The lowest BCUT2D eigenvalue weighted by Crippen LogP contribution is -2.57. The van der Waals surface area contributed by atoms with Gasteiger partial charge in [0.2, 0.25) is 6.04 Å². The largest absolute Gasteiger partial charge is 0.504 e. The molecule has 3 aromatic rings. The standard InChI is InChI=1S/C27H31F3N8O5S/c1-26(2,3)43-25(42)35-20(27(28,29)30)23(41)37-7-4-14(5-8-37)6-9-38-13-33-21(32)19-22(38)36-24(34-19)44-18-11-17(40)16(39)10-15(18)12-31/h10-11,13-14,20,32,39-40H,4-9H2,1-3H3,(H,34,36)(H,35,42). The van der Waals surface area contributed by atoms with Crippen molar-refractivity contribution in [2.24, 2.45) is 5.92 Å². The number of nitrogens with zero attached hydrogens (tertiary/aromatic N) is 5. The number of alkyl carbamates (subject to hydrolysis) is 1. The van der Waals surface area contributed by atoms with E-state index in [1.807, 2.05) is 6.07 Å². The van der Waals surface area contributed by atoms with Crippen LogP contribution in [0.2, 0.25) is 0 Å². The van der Waals surface area contributed by atoms with Gasteiger partial charge in [-0.1, -0.05) is 11.8 Å². The number of alkyl halides is 3. The van der Waals surface area contributed by atoms with Crippen molar-refractivity contribution >= 4 is 34.9 Å². The van der Waals surface area contributed by atoms with E-state index in [0.717, 1.165) is 22.7 Å². The summed E-state index contributed by atoms with van der Waals surface area (Å²) in [6.45, 7) is 5.10. The van der Waals surface area contributed by atoms with Crippen molar-refractivity contribution in [2.75, 3.05) is 13.1 Å². The maximum Gasteiger partial charge on any atom is 0.417 e. The highest BCUT2D eigenvalue weighted by Gasteiger charge is 2.48. The van der Waals surface area contributed by atoms with Gasteiger partial charge in [-0.15, -0.1) is 0 Å². The third-order valence-electron chi connectivity index (χ3n) is 6.84. The number of benzene rings is 1. The molecule has 0 radical (unpaired) electrons. The van der Waals surface area contributed by atoms with Gasteiger partial charge < -0.3 is 34.7 Å². The molecular weight excluding hydrogens is 605 g/mol. The highest BCUT2D eigenvalue weighted by molar-refractivity contribution is 7.99. The maximum absolute atomic E-state index is 13.7. The van der Waals surface area contributed by atoms with Crippen molar-refractivity contribution in [1.82, 2.24) is 29.7 Å². The number of aromatic amines is 1. The number of nitrogens with one attached hydrogen (secondary N) is 3. The van der Waals surface area contributed by atoms with E-state index in [4.69, 9.17) is 10.1 Å². The van der Waals surface area contributed by atoms with Gasteiger partial charge in [-0.2, -0.15) is 18.4 Å². The van der Waals surface area contributed by atoms with Crippen molar-refractivity contribution in [3.63, 3.8) is 0 Å². The Morgan fingerprint density at radius 1 is 1.25 bits per heavy atom. The van der Waals surface area contributed by atoms with Crippen LogP contribution in [-0.2, 0) is 16.1 Å². The van der Waals surface area contributed by atoms with Gasteiger partial charge in [0.25, 0.3) is 5.91 Å². The average molecular weight is 637 g/mol. The molecular formula is C27H31F3N8O5S. The molecule has 1 atom stereocenters. The van der Waals surface area contributed by atoms with Crippen molar-refractivity contribution in [3.05, 3.63) is 29.5 Å². The molecule has 236 valence electrons. The van der Waals surface area contributed by atoms with Crippen LogP contribution in [0.4, 0.5) is 18.0 Å². The van der Waals surface area contributed by atoms with Gasteiger partial charge in [-0.25, -0.2) is 14.8 Å². The Labute approximate surface area is 253 Å². The fourth-order valence-electron chi connectivity index (χ4n) is 4.66. The predicted molar refractivity (Wildman–Crippen MR) is 149 cm³/mol. The second-order valence-electron chi connectivity index (χ2n) is 11.3. The number of halogens is 3. The first-order chi connectivity index (χ1) is 20.6. The van der Waals surface area contributed by atoms with E-state index < -0.39 is 41.3 Å². The molecule has 0 bridgehead atoms. The SMILES string of the molecule is CC(C)(C)OC(=O)NC(C(=O)N1CCC(CCn2cnc(=N)c3[nH]c(Sc4cc(O)c(O)cc4C#N)nc32)CC1)C(F)(F)F. The number of carbonyl (C=O) groups is 2. The van der Waals surface area contributed by atoms with Crippen LogP contribution >= 0.6 is 11.8 Å². The summed E-state index contributed by atoms with van der Waals surface area (Å²) in [6.07, 6.45) is -3.38. The van der Waals surface area contributed by atoms with Crippen LogP contribution in [-0.4, -0.2) is 77.5 Å². The Bertz CT molecular complexity index is 1650. The molecule has 1 aliphatic rings. The van der Waals surface area contributed by atoms with Gasteiger partial charge >= 0.3 is 12.3 Å². The first-order valence-corrected chi connectivity index (χ1v) is 14.4. The number of likely N-dealkylation sites (tertiary alicyclic amines) is 1. The lowest BCUT2D eigenvalue weighted by molar-refractivity contribution is -0.175. The maximum atomic E-state index is 13.7. The summed E-state index contributed by atoms with van der Waals surface area (Å²) in [5, 5.41) is 39.1. The minimum absolute atomic E-state index is 0.0595. The second kappa shape index (κ2) is 12.6. The Balaban J connectivity index is 1.40. The third kappa shape index (κ3) is 7.73. The summed E-state index contributed by atoms with van der Waals surface area (Å²) >= 11 is 1.03. The van der Waals surface area contributed by atoms with E-state index in [9.17, 15) is 38.2 Å². The number of aromatic nitrogens is 4. The summed E-state index contributed by atoms with van der Waals surface area (Å²) in [7, 11) is 0. The second-order valence-corrected chi connectivity index (χ2v) is 12.3. The summed E-state index contributed by atoms with van der Waals surface area (Å²) < 4.78 is 47.6. The smallest absolute Gasteiger partial charge is 0.417 e. The fourth-order valence-corrected chi connectivity index (χ4v) is 5.54. The zero-order valence-corrected chi connectivity index (χ0v) is 24.8. The van der Waals surface area contributed by atoms with Gasteiger partial charge in [-0.3, -0.25) is 10.2 Å². The van der Waals surface area contributed by atoms with E-state index in [2.05, 4.69) is 15.0 Å². The van der Waals surface area contributed by atoms with Crippen LogP contribution in [0, 0.1) is 22.7 Å². The van der Waals surface area contributed by atoms with Gasteiger partial charge in [0.05, 0.1) is 11.9 Å². The van der Waals surface area contributed by atoms with Crippen molar-refractivity contribution in [3.8, 4) is 17.6 Å². The number of imidazole rings is 1. The Morgan fingerprint density at radius 2 is 1.91 bits per heavy atom. The number of hydrogen-bond acceptors (Lipinski definition) is 10. The highest BCUT2D eigenvalue weighted by Crippen LogP contribution is 2.36. The van der Waals surface area contributed by atoms with Crippen molar-refractivity contribution in [1.29, 1.82) is 10.7 Å². The number of piperidine rings is 1. The number of carbonyl (C=O) groups excluding carboxylic acids is 2. The summed E-state index contributed by atoms with van der Waals surface area (Å²) in [4.78, 5) is 37.8. The molecule has 0 saturated carbocycles. The number of aromatic hydroxyl groups is 2. The molecule has 1 aliphatic heterocycles. The molecule has 0 spiro atoms. The minimum atomic E-state index is -5.00. The first kappa shape index (κ1) is 32.5. The van der Waals surface area contributed by atoms with Crippen LogP contribution in [0.3, 0.4) is 0 Å². The van der Waals surface area contributed by atoms with E-state index >= 15 is 0 Å². The monoisotopic (exact) mass is 636 g/mol. The predicted octanol–water partition coefficient (Wildman–Crippen LogP) is 3.76. The van der Waals surface area contributed by atoms with Gasteiger partial charge in [-0.05, 0) is 52.0 Å². The molecule has 2 amide bonds. The first-order valence-electron chi connectivity index (χ1n) is 13.5. The molecule has 17 heteroatoms. The quantitative estimate of drug-likeness (QED) is 0.240. The highest BCUT2D eigenvalue weighted by atomic mass is 32.2. The Morgan fingerprint density at radius 3 is 2.52 bits per heavy atom. The number of H-pyrrole nitrogens is 1. The lowest BCUT2D eigenvalue weighted by atomic mass is 9.93. The summed E-state index contributed by atoms with van der Waals surface area (Å²) in [5.41, 5.74) is -0.212. The van der Waals surface area contributed by atoms with Crippen LogP contribution in [0.15, 0.2) is 28.5 Å². The van der Waals surface area contributed by atoms with Crippen LogP contribution < -0.4 is 10.8 Å². The number of nitriles is 1. The summed E-state index contributed by atoms with van der Waals surface area (Å²) in [6, 6.07) is 1.60. The molecule has 2 aromatic heterocycles. The lowest BCUT2D eigenvalue weighted by Gasteiger charge is -2.35. The number of aryl methyl sites for hydroxylation is 1. The minimum Gasteiger partial charge on any atom is -0.504 e. The van der Waals surface area contributed by atoms with Gasteiger partial charge in [0.15, 0.2) is 27.8 Å². The Kier molecular flexibility index (Phi) is 9.33. The molecule has 1 fully saturated rings. The number of hydrogen-bond donors (Lipinski definition) is 5.